The van der Waals surface area contributed by atoms with Crippen LogP contribution in [0.2, 0.25) is 0 Å². The summed E-state index contributed by atoms with van der Waals surface area (Å²) in [5, 5.41) is 5.17. The van der Waals surface area contributed by atoms with Gasteiger partial charge in [-0.15, -0.1) is 23.7 Å². The number of anilines is 2. The van der Waals surface area contributed by atoms with E-state index >= 15 is 0 Å². The number of rotatable bonds is 2. The number of halogens is 1. The van der Waals surface area contributed by atoms with Crippen LogP contribution in [-0.4, -0.2) is 10.9 Å². The Kier molecular flexibility index (Phi) is 4.48. The number of thiazole rings is 1. The number of nitrogen functional groups attached to an aromatic ring is 1. The summed E-state index contributed by atoms with van der Waals surface area (Å²) >= 11 is 1.41. The molecule has 0 fully saturated rings. The van der Waals surface area contributed by atoms with Crippen LogP contribution in [0.1, 0.15) is 6.92 Å². The molecule has 0 aliphatic carbocycles. The van der Waals surface area contributed by atoms with E-state index in [0.717, 1.165) is 16.9 Å². The fraction of sp³-hybridized carbons (Fsp3) is 0.0909. The fourth-order valence-electron chi connectivity index (χ4n) is 1.35. The Balaban J connectivity index is 0.00000144. The summed E-state index contributed by atoms with van der Waals surface area (Å²) in [6, 6.07) is 7.48. The SMILES string of the molecule is CC(=O)Nc1ccc(-c2csc(N)n2)cc1.Cl. The number of benzene rings is 1. The first kappa shape index (κ1) is 13.5. The van der Waals surface area contributed by atoms with Crippen molar-refractivity contribution in [3.05, 3.63) is 29.6 Å². The lowest BCUT2D eigenvalue weighted by molar-refractivity contribution is -0.114. The summed E-state index contributed by atoms with van der Waals surface area (Å²) in [4.78, 5) is 15.0. The van der Waals surface area contributed by atoms with E-state index in [4.69, 9.17) is 5.73 Å². The van der Waals surface area contributed by atoms with Gasteiger partial charge in [0.25, 0.3) is 0 Å². The molecule has 3 N–H and O–H groups in total. The lowest BCUT2D eigenvalue weighted by Gasteiger charge is -2.02. The number of hydrogen-bond acceptors (Lipinski definition) is 4. The number of carbonyl (C=O) groups excluding carboxylic acids is 1. The van der Waals surface area contributed by atoms with Gasteiger partial charge in [-0.3, -0.25) is 4.79 Å². The van der Waals surface area contributed by atoms with Gasteiger partial charge in [0.05, 0.1) is 5.69 Å². The molecule has 2 rings (SSSR count). The lowest BCUT2D eigenvalue weighted by atomic mass is 10.1. The summed E-state index contributed by atoms with van der Waals surface area (Å²) in [5.74, 6) is -0.0781. The normalized spacial score (nSPS) is 9.47. The van der Waals surface area contributed by atoms with Crippen LogP contribution in [0.3, 0.4) is 0 Å². The summed E-state index contributed by atoms with van der Waals surface area (Å²) in [6.45, 7) is 1.48. The molecular weight excluding hydrogens is 258 g/mol. The van der Waals surface area contributed by atoms with E-state index in [-0.39, 0.29) is 18.3 Å². The molecule has 4 nitrogen and oxygen atoms in total. The third-order valence-electron chi connectivity index (χ3n) is 2.02. The standard InChI is InChI=1S/C11H11N3OS.ClH/c1-7(15)13-9-4-2-8(3-5-9)10-6-16-11(12)14-10;/h2-6H,1H3,(H2,12,14)(H,13,15);1H. The Hall–Kier alpha value is -1.59. The highest BCUT2D eigenvalue weighted by atomic mass is 35.5. The summed E-state index contributed by atoms with van der Waals surface area (Å²) in [6.07, 6.45) is 0. The van der Waals surface area contributed by atoms with Gasteiger partial charge in [-0.25, -0.2) is 4.98 Å². The van der Waals surface area contributed by atoms with E-state index in [0.29, 0.717) is 5.13 Å². The molecule has 0 atom stereocenters. The van der Waals surface area contributed by atoms with Crippen molar-refractivity contribution in [3.63, 3.8) is 0 Å². The van der Waals surface area contributed by atoms with Gasteiger partial charge >= 0.3 is 0 Å². The predicted molar refractivity (Wildman–Crippen MR) is 73.5 cm³/mol. The zero-order valence-electron chi connectivity index (χ0n) is 9.14. The predicted octanol–water partition coefficient (Wildman–Crippen LogP) is 2.77. The molecule has 0 aliphatic heterocycles. The maximum atomic E-state index is 10.8. The molecule has 0 aliphatic rings. The monoisotopic (exact) mass is 269 g/mol. The van der Waals surface area contributed by atoms with Crippen LogP contribution in [-0.2, 0) is 4.79 Å². The number of carbonyl (C=O) groups is 1. The van der Waals surface area contributed by atoms with Crippen LogP contribution in [0.15, 0.2) is 29.6 Å². The van der Waals surface area contributed by atoms with E-state index in [9.17, 15) is 4.79 Å². The second-order valence-corrected chi connectivity index (χ2v) is 4.22. The van der Waals surface area contributed by atoms with Crippen molar-refractivity contribution in [1.29, 1.82) is 0 Å². The largest absolute Gasteiger partial charge is 0.375 e. The van der Waals surface area contributed by atoms with Crippen LogP contribution >= 0.6 is 23.7 Å². The average Bonchev–Trinajstić information content (AvgIpc) is 2.65. The van der Waals surface area contributed by atoms with Gasteiger partial charge in [0, 0.05) is 23.6 Å². The zero-order valence-corrected chi connectivity index (χ0v) is 10.8. The van der Waals surface area contributed by atoms with Crippen molar-refractivity contribution in [2.24, 2.45) is 0 Å². The highest BCUT2D eigenvalue weighted by molar-refractivity contribution is 7.13. The maximum absolute atomic E-state index is 10.8. The summed E-state index contributed by atoms with van der Waals surface area (Å²) in [7, 11) is 0. The van der Waals surface area contributed by atoms with Gasteiger partial charge < -0.3 is 11.1 Å². The van der Waals surface area contributed by atoms with Gasteiger partial charge in [-0.2, -0.15) is 0 Å². The average molecular weight is 270 g/mol. The van der Waals surface area contributed by atoms with Crippen LogP contribution in [0, 0.1) is 0 Å². The number of nitrogens with zero attached hydrogens (tertiary/aromatic N) is 1. The van der Waals surface area contributed by atoms with Gasteiger partial charge in [-0.1, -0.05) is 12.1 Å². The van der Waals surface area contributed by atoms with Crippen molar-refractivity contribution in [2.45, 2.75) is 6.92 Å². The van der Waals surface area contributed by atoms with E-state index in [1.54, 1.807) is 0 Å². The molecular formula is C11H12ClN3OS. The second kappa shape index (κ2) is 5.65. The van der Waals surface area contributed by atoms with Gasteiger partial charge in [0.2, 0.25) is 5.91 Å². The van der Waals surface area contributed by atoms with E-state index in [1.807, 2.05) is 29.6 Å². The molecule has 17 heavy (non-hydrogen) atoms. The molecule has 0 saturated heterocycles. The zero-order chi connectivity index (χ0) is 11.5. The molecule has 1 amide bonds. The highest BCUT2D eigenvalue weighted by Gasteiger charge is 2.02. The first-order chi connectivity index (χ1) is 7.65. The molecule has 0 bridgehead atoms. The van der Waals surface area contributed by atoms with Crippen molar-refractivity contribution in [1.82, 2.24) is 4.98 Å². The third-order valence-corrected chi connectivity index (χ3v) is 2.70. The first-order valence-electron chi connectivity index (χ1n) is 4.74. The Bertz CT molecular complexity index is 510. The fourth-order valence-corrected chi connectivity index (χ4v) is 1.92. The smallest absolute Gasteiger partial charge is 0.221 e. The minimum absolute atomic E-state index is 0. The molecule has 0 unspecified atom stereocenters. The minimum atomic E-state index is -0.0781. The Labute approximate surface area is 109 Å². The van der Waals surface area contributed by atoms with Crippen LogP contribution in [0.25, 0.3) is 11.3 Å². The Morgan fingerprint density at radius 3 is 2.47 bits per heavy atom. The van der Waals surface area contributed by atoms with Crippen molar-refractivity contribution in [2.75, 3.05) is 11.1 Å². The van der Waals surface area contributed by atoms with E-state index in [2.05, 4.69) is 10.3 Å². The van der Waals surface area contributed by atoms with Crippen LogP contribution in [0.4, 0.5) is 10.8 Å². The quantitative estimate of drug-likeness (QED) is 0.881. The van der Waals surface area contributed by atoms with E-state index < -0.39 is 0 Å². The maximum Gasteiger partial charge on any atom is 0.221 e. The van der Waals surface area contributed by atoms with Gasteiger partial charge in [0.15, 0.2) is 5.13 Å². The van der Waals surface area contributed by atoms with Crippen molar-refractivity contribution in [3.8, 4) is 11.3 Å². The van der Waals surface area contributed by atoms with Crippen molar-refractivity contribution < 1.29 is 4.79 Å². The molecule has 1 aromatic heterocycles. The molecule has 0 radical (unpaired) electrons. The minimum Gasteiger partial charge on any atom is -0.375 e. The number of nitrogens with two attached hydrogens (primary N) is 1. The number of nitrogens with one attached hydrogen (secondary N) is 1. The van der Waals surface area contributed by atoms with E-state index in [1.165, 1.54) is 18.3 Å². The van der Waals surface area contributed by atoms with Crippen LogP contribution in [0.5, 0.6) is 0 Å². The Morgan fingerprint density at radius 2 is 2.00 bits per heavy atom. The lowest BCUT2D eigenvalue weighted by Crippen LogP contribution is -2.05. The van der Waals surface area contributed by atoms with Gasteiger partial charge in [-0.05, 0) is 12.1 Å². The number of hydrogen-bond donors (Lipinski definition) is 2. The molecule has 0 spiro atoms. The summed E-state index contributed by atoms with van der Waals surface area (Å²) < 4.78 is 0. The summed E-state index contributed by atoms with van der Waals surface area (Å²) in [5.41, 5.74) is 8.19. The molecule has 0 saturated carbocycles. The number of amides is 1. The molecule has 1 heterocycles. The molecule has 2 aromatic rings. The second-order valence-electron chi connectivity index (χ2n) is 3.33. The first-order valence-corrected chi connectivity index (χ1v) is 5.62. The molecule has 90 valence electrons. The third kappa shape index (κ3) is 3.44. The highest BCUT2D eigenvalue weighted by Crippen LogP contribution is 2.24. The molecule has 1 aromatic carbocycles. The Morgan fingerprint density at radius 1 is 1.35 bits per heavy atom. The topological polar surface area (TPSA) is 68.0 Å². The van der Waals surface area contributed by atoms with Crippen LogP contribution < -0.4 is 11.1 Å². The van der Waals surface area contributed by atoms with Gasteiger partial charge in [0.1, 0.15) is 0 Å². The molecule has 6 heteroatoms. The number of aromatic nitrogens is 1. The van der Waals surface area contributed by atoms with Crippen molar-refractivity contribution >= 4 is 40.5 Å².